The van der Waals surface area contributed by atoms with E-state index in [-0.39, 0.29) is 5.91 Å². The van der Waals surface area contributed by atoms with Gasteiger partial charge in [0.1, 0.15) is 0 Å². The van der Waals surface area contributed by atoms with Gasteiger partial charge < -0.3 is 20.1 Å². The van der Waals surface area contributed by atoms with Crippen molar-refractivity contribution in [3.05, 3.63) is 42.2 Å². The molecular formula is C23H33N5OS. The zero-order chi connectivity index (χ0) is 20.8. The number of hydrogen-bond donors (Lipinski definition) is 2. The van der Waals surface area contributed by atoms with Gasteiger partial charge in [0.25, 0.3) is 5.91 Å². The normalized spacial score (nSPS) is 18.1. The molecule has 4 rings (SSSR count). The van der Waals surface area contributed by atoms with Crippen molar-refractivity contribution in [3.63, 3.8) is 0 Å². The summed E-state index contributed by atoms with van der Waals surface area (Å²) >= 11 is 1.80. The number of hydrogen-bond acceptors (Lipinski definition) is 5. The highest BCUT2D eigenvalue weighted by Crippen LogP contribution is 2.22. The number of anilines is 1. The number of thioether (sulfide) groups is 1. The maximum atomic E-state index is 12.4. The van der Waals surface area contributed by atoms with Gasteiger partial charge in [-0.15, -0.1) is 0 Å². The molecule has 6 nitrogen and oxygen atoms in total. The summed E-state index contributed by atoms with van der Waals surface area (Å²) in [7, 11) is 2.03. The van der Waals surface area contributed by atoms with E-state index in [1.54, 1.807) is 11.8 Å². The highest BCUT2D eigenvalue weighted by Gasteiger charge is 2.20. The first-order chi connectivity index (χ1) is 14.7. The van der Waals surface area contributed by atoms with Gasteiger partial charge in [-0.05, 0) is 49.9 Å². The fourth-order valence-electron chi connectivity index (χ4n) is 4.40. The SMILES string of the molecule is Cn1ccnc1SCCNC1CCN(c2ccc(C(=O)NC3CCCC3)cc2)CC1. The van der Waals surface area contributed by atoms with Gasteiger partial charge in [-0.2, -0.15) is 0 Å². The maximum Gasteiger partial charge on any atom is 0.251 e. The van der Waals surface area contributed by atoms with Crippen LogP contribution in [0.25, 0.3) is 0 Å². The molecule has 0 atom stereocenters. The number of aryl methyl sites for hydroxylation is 1. The number of nitrogens with one attached hydrogen (secondary N) is 2. The first-order valence-corrected chi connectivity index (χ1v) is 12.2. The second-order valence-corrected chi connectivity index (χ2v) is 9.45. The molecular weight excluding hydrogens is 394 g/mol. The van der Waals surface area contributed by atoms with Crippen molar-refractivity contribution in [2.24, 2.45) is 7.05 Å². The summed E-state index contributed by atoms with van der Waals surface area (Å²) in [5.74, 6) is 1.11. The summed E-state index contributed by atoms with van der Waals surface area (Å²) in [6, 6.07) is 9.09. The van der Waals surface area contributed by atoms with Gasteiger partial charge >= 0.3 is 0 Å². The molecule has 0 unspecified atom stereocenters. The van der Waals surface area contributed by atoms with E-state index >= 15 is 0 Å². The Kier molecular flexibility index (Phi) is 7.33. The van der Waals surface area contributed by atoms with E-state index < -0.39 is 0 Å². The Morgan fingerprint density at radius 3 is 2.50 bits per heavy atom. The summed E-state index contributed by atoms with van der Waals surface area (Å²) in [6.45, 7) is 3.11. The molecule has 0 radical (unpaired) electrons. The van der Waals surface area contributed by atoms with Crippen LogP contribution >= 0.6 is 11.8 Å². The van der Waals surface area contributed by atoms with Crippen LogP contribution in [-0.4, -0.2) is 52.9 Å². The minimum absolute atomic E-state index is 0.0692. The second kappa shape index (κ2) is 10.4. The molecule has 7 heteroatoms. The Morgan fingerprint density at radius 2 is 1.83 bits per heavy atom. The highest BCUT2D eigenvalue weighted by atomic mass is 32.2. The van der Waals surface area contributed by atoms with Crippen molar-refractivity contribution >= 4 is 23.4 Å². The lowest BCUT2D eigenvalue weighted by molar-refractivity contribution is 0.0938. The minimum atomic E-state index is 0.0692. The van der Waals surface area contributed by atoms with Gasteiger partial charge in [0.05, 0.1) is 0 Å². The van der Waals surface area contributed by atoms with Crippen molar-refractivity contribution < 1.29 is 4.79 Å². The number of piperidine rings is 1. The Balaban J connectivity index is 1.17. The third-order valence-electron chi connectivity index (χ3n) is 6.22. The summed E-state index contributed by atoms with van der Waals surface area (Å²) in [4.78, 5) is 19.2. The number of nitrogens with zero attached hydrogens (tertiary/aromatic N) is 3. The number of benzene rings is 1. The topological polar surface area (TPSA) is 62.2 Å². The van der Waals surface area contributed by atoms with Crippen molar-refractivity contribution in [1.82, 2.24) is 20.2 Å². The predicted octanol–water partition coefficient (Wildman–Crippen LogP) is 3.44. The third-order valence-corrected chi connectivity index (χ3v) is 7.28. The fourth-order valence-corrected chi connectivity index (χ4v) is 5.20. The molecule has 30 heavy (non-hydrogen) atoms. The molecule has 0 bridgehead atoms. The lowest BCUT2D eigenvalue weighted by Crippen LogP contribution is -2.43. The number of rotatable bonds is 8. The zero-order valence-corrected chi connectivity index (χ0v) is 18.7. The molecule has 2 aliphatic rings. The summed E-state index contributed by atoms with van der Waals surface area (Å²) < 4.78 is 2.06. The van der Waals surface area contributed by atoms with Crippen LogP contribution in [0, 0.1) is 0 Å². The summed E-state index contributed by atoms with van der Waals surface area (Å²) in [5, 5.41) is 7.94. The average Bonchev–Trinajstić information content (AvgIpc) is 3.43. The number of carbonyl (C=O) groups is 1. The van der Waals surface area contributed by atoms with E-state index in [9.17, 15) is 4.79 Å². The molecule has 2 fully saturated rings. The van der Waals surface area contributed by atoms with Gasteiger partial charge in [-0.25, -0.2) is 4.98 Å². The lowest BCUT2D eigenvalue weighted by Gasteiger charge is -2.34. The van der Waals surface area contributed by atoms with Gasteiger partial charge in [0, 0.05) is 68.2 Å². The standard InChI is InChI=1S/C23H33N5OS/c1-27-16-12-25-23(27)30-17-13-24-19-10-14-28(15-11-19)21-8-6-18(7-9-21)22(29)26-20-4-2-3-5-20/h6-9,12,16,19-20,24H,2-5,10-11,13-15,17H2,1H3,(H,26,29). The van der Waals surface area contributed by atoms with Crippen LogP contribution in [0.3, 0.4) is 0 Å². The minimum Gasteiger partial charge on any atom is -0.371 e. The van der Waals surface area contributed by atoms with E-state index in [0.29, 0.717) is 12.1 Å². The number of imidazole rings is 1. The molecule has 1 amide bonds. The van der Waals surface area contributed by atoms with Crippen LogP contribution in [0.4, 0.5) is 5.69 Å². The molecule has 0 spiro atoms. The molecule has 1 saturated carbocycles. The van der Waals surface area contributed by atoms with E-state index in [2.05, 4.69) is 37.2 Å². The molecule has 1 aliphatic heterocycles. The molecule has 162 valence electrons. The van der Waals surface area contributed by atoms with Crippen LogP contribution in [0.5, 0.6) is 0 Å². The molecule has 2 aromatic rings. The van der Waals surface area contributed by atoms with E-state index in [1.807, 2.05) is 31.6 Å². The van der Waals surface area contributed by atoms with Crippen LogP contribution < -0.4 is 15.5 Å². The van der Waals surface area contributed by atoms with Crippen molar-refractivity contribution in [2.45, 2.75) is 55.8 Å². The lowest BCUT2D eigenvalue weighted by atomic mass is 10.0. The van der Waals surface area contributed by atoms with Gasteiger partial charge in [0.2, 0.25) is 0 Å². The first kappa shape index (κ1) is 21.2. The van der Waals surface area contributed by atoms with E-state index in [1.165, 1.54) is 18.5 Å². The van der Waals surface area contributed by atoms with Crippen molar-refractivity contribution in [3.8, 4) is 0 Å². The Hall–Kier alpha value is -1.99. The Bertz CT molecular complexity index is 807. The summed E-state index contributed by atoms with van der Waals surface area (Å²) in [5.41, 5.74) is 1.99. The van der Waals surface area contributed by atoms with Gasteiger partial charge in [0.15, 0.2) is 5.16 Å². The second-order valence-electron chi connectivity index (χ2n) is 8.39. The van der Waals surface area contributed by atoms with Crippen LogP contribution in [0.15, 0.2) is 41.8 Å². The number of aromatic nitrogens is 2. The Morgan fingerprint density at radius 1 is 1.10 bits per heavy atom. The van der Waals surface area contributed by atoms with Crippen LogP contribution in [0.2, 0.25) is 0 Å². The molecule has 1 aliphatic carbocycles. The van der Waals surface area contributed by atoms with Crippen molar-refractivity contribution in [1.29, 1.82) is 0 Å². The van der Waals surface area contributed by atoms with Crippen LogP contribution in [0.1, 0.15) is 48.9 Å². The van der Waals surface area contributed by atoms with E-state index in [4.69, 9.17) is 0 Å². The predicted molar refractivity (Wildman–Crippen MR) is 123 cm³/mol. The molecule has 1 saturated heterocycles. The number of amides is 1. The molecule has 1 aromatic heterocycles. The van der Waals surface area contributed by atoms with Crippen LogP contribution in [-0.2, 0) is 7.05 Å². The summed E-state index contributed by atoms with van der Waals surface area (Å²) in [6.07, 6.45) is 10.8. The molecule has 2 heterocycles. The quantitative estimate of drug-likeness (QED) is 0.499. The number of carbonyl (C=O) groups excluding carboxylic acids is 1. The molecule has 2 N–H and O–H groups in total. The van der Waals surface area contributed by atoms with E-state index in [0.717, 1.165) is 61.8 Å². The third kappa shape index (κ3) is 5.58. The Labute approximate surface area is 183 Å². The van der Waals surface area contributed by atoms with Crippen molar-refractivity contribution in [2.75, 3.05) is 30.3 Å². The monoisotopic (exact) mass is 427 g/mol. The fraction of sp³-hybridized carbons (Fsp3) is 0.565. The van der Waals surface area contributed by atoms with Gasteiger partial charge in [-0.3, -0.25) is 4.79 Å². The van der Waals surface area contributed by atoms with Gasteiger partial charge in [-0.1, -0.05) is 24.6 Å². The average molecular weight is 428 g/mol. The smallest absolute Gasteiger partial charge is 0.251 e. The maximum absolute atomic E-state index is 12.4. The molecule has 1 aromatic carbocycles. The highest BCUT2D eigenvalue weighted by molar-refractivity contribution is 7.99. The zero-order valence-electron chi connectivity index (χ0n) is 17.8. The first-order valence-electron chi connectivity index (χ1n) is 11.2. The largest absolute Gasteiger partial charge is 0.371 e.